The van der Waals surface area contributed by atoms with Gasteiger partial charge in [0.2, 0.25) is 100 Å². The number of aliphatic hydroxyl groups is 1. The number of rotatable bonds is 64. The van der Waals surface area contributed by atoms with Gasteiger partial charge in [0, 0.05) is 76.5 Å². The molecule has 0 saturated heterocycles. The number of carboxylic acids is 4. The van der Waals surface area contributed by atoms with Crippen LogP contribution in [-0.2, 0) is 133 Å². The van der Waals surface area contributed by atoms with Crippen molar-refractivity contribution in [2.45, 2.75) is 227 Å². The Morgan fingerprint density at radius 2 is 0.763 bits per heavy atom. The molecule has 0 bridgehead atoms. The molecule has 0 aliphatic heterocycles. The number of nitrogens with two attached hydrogens (primary N) is 5. The Morgan fingerprint density at radius 1 is 0.381 bits per heavy atom. The average molecular weight is 1950 g/mol. The maximum atomic E-state index is 14.8. The fourth-order valence-electron chi connectivity index (χ4n) is 13.4. The van der Waals surface area contributed by atoms with E-state index in [1.54, 1.807) is 30.3 Å². The third-order valence-electron chi connectivity index (χ3n) is 20.8. The second-order valence-electron chi connectivity index (χ2n) is 32.4. The largest absolute Gasteiger partial charge is 0.508 e. The number of aromatic hydroxyl groups is 1. The van der Waals surface area contributed by atoms with E-state index in [1.165, 1.54) is 75.7 Å². The number of hydrogen-bond donors (Lipinski definition) is 31. The number of hydrogen-bond acceptors (Lipinski definition) is 29. The number of phenols is 1. The van der Waals surface area contributed by atoms with Crippen LogP contribution in [0.25, 0.3) is 0 Å². The molecule has 5 rings (SSSR count). The first-order valence-corrected chi connectivity index (χ1v) is 43.7. The highest BCUT2D eigenvalue weighted by molar-refractivity contribution is 6.02. The molecule has 3 heterocycles. The van der Waals surface area contributed by atoms with Gasteiger partial charge >= 0.3 is 23.9 Å². The fraction of sp³-hybridized carbons (Fsp3) is 0.488. The lowest BCUT2D eigenvalue weighted by atomic mass is 10.00. The van der Waals surface area contributed by atoms with Gasteiger partial charge in [-0.1, -0.05) is 56.3 Å². The van der Waals surface area contributed by atoms with E-state index in [-0.39, 0.29) is 73.6 Å². The van der Waals surface area contributed by atoms with Gasteiger partial charge in [0.25, 0.3) is 0 Å². The first-order valence-electron chi connectivity index (χ1n) is 43.7. The van der Waals surface area contributed by atoms with Crippen LogP contribution in [-0.4, -0.2) is 308 Å². The van der Waals surface area contributed by atoms with Crippen LogP contribution < -0.4 is 114 Å². The number of carbonyl (C=O) groups is 21. The van der Waals surface area contributed by atoms with E-state index in [0.717, 1.165) is 6.92 Å². The third-order valence-corrected chi connectivity index (χ3v) is 20.8. The van der Waals surface area contributed by atoms with Crippen molar-refractivity contribution < 1.29 is 131 Å². The van der Waals surface area contributed by atoms with Crippen LogP contribution in [0.5, 0.6) is 5.75 Å². The van der Waals surface area contributed by atoms with Gasteiger partial charge in [-0.3, -0.25) is 101 Å². The van der Waals surface area contributed by atoms with Crippen LogP contribution in [0.1, 0.15) is 132 Å². The number of nitrogens with zero attached hydrogens (tertiary/aromatic N) is 3. The third kappa shape index (κ3) is 41.7. The maximum absolute atomic E-state index is 14.8. The van der Waals surface area contributed by atoms with Gasteiger partial charge in [-0.05, 0) is 94.0 Å². The number of nitrogens with one attached hydrogen (secondary N) is 20. The molecule has 36 N–H and O–H groups in total. The SMILES string of the molecule is CC(NC(=O)C(N)CC(=O)O)C(=O)NC(CCC(=O)O)C(=O)NC(Cc1ccccc1)C(=O)NC(CCCNC(=N)N)C(=O)NC(Cc1c[nH]cn1)C(=O)NC(CC(=O)O)C(=O)NC(CO)C(=O)NCC(=O)NC(Cc1ccc(O)cc1)C(=O)NC(CCC(N)=O)C(=O)NC(C(=O)NC(Cc1c[nH]cn1)C(=O)NC(Cc1c[nH]cn1)C(=O)NC(CCC(N)=O)C(=O)NC(CCCCN)C(=O)O)C(C)C. The first-order chi connectivity index (χ1) is 65.8. The predicted molar refractivity (Wildman–Crippen MR) is 482 cm³/mol. The van der Waals surface area contributed by atoms with Crippen molar-refractivity contribution in [3.63, 3.8) is 0 Å². The van der Waals surface area contributed by atoms with E-state index in [2.05, 4.69) is 115 Å². The van der Waals surface area contributed by atoms with E-state index < -0.39 is 311 Å². The molecule has 17 amide bonds. The maximum Gasteiger partial charge on any atom is 0.326 e. The molecule has 0 saturated carbocycles. The molecule has 758 valence electrons. The molecule has 55 nitrogen and oxygen atoms in total. The lowest BCUT2D eigenvalue weighted by molar-refractivity contribution is -0.143. The van der Waals surface area contributed by atoms with E-state index in [0.29, 0.717) is 18.4 Å². The van der Waals surface area contributed by atoms with Crippen molar-refractivity contribution in [3.05, 3.63) is 120 Å². The van der Waals surface area contributed by atoms with Gasteiger partial charge in [0.05, 0.1) is 68.1 Å². The van der Waals surface area contributed by atoms with Crippen molar-refractivity contribution in [3.8, 4) is 5.75 Å². The summed E-state index contributed by atoms with van der Waals surface area (Å²) in [5.41, 5.74) is 28.7. The number of primary amides is 2. The number of guanidine groups is 1. The monoisotopic (exact) mass is 1950 g/mol. The van der Waals surface area contributed by atoms with Crippen molar-refractivity contribution >= 4 is 130 Å². The molecule has 3 aromatic heterocycles. The van der Waals surface area contributed by atoms with Crippen LogP contribution in [0.4, 0.5) is 0 Å². The summed E-state index contributed by atoms with van der Waals surface area (Å²) in [7, 11) is 0. The molecule has 15 unspecified atom stereocenters. The van der Waals surface area contributed by atoms with Gasteiger partial charge in [0.1, 0.15) is 90.3 Å². The summed E-state index contributed by atoms with van der Waals surface area (Å²) >= 11 is 0. The number of H-pyrrole nitrogens is 3. The second-order valence-corrected chi connectivity index (χ2v) is 32.4. The number of phenolic OH excluding ortho intramolecular Hbond substituents is 1. The molecular formula is C84H120N28O27. The Morgan fingerprint density at radius 3 is 1.18 bits per heavy atom. The Bertz CT molecular complexity index is 5030. The van der Waals surface area contributed by atoms with Crippen LogP contribution in [0.2, 0.25) is 0 Å². The topological polar surface area (TPSA) is 912 Å². The van der Waals surface area contributed by atoms with Gasteiger partial charge in [0.15, 0.2) is 5.96 Å². The van der Waals surface area contributed by atoms with Gasteiger partial charge in [-0.25, -0.2) is 19.7 Å². The molecule has 139 heavy (non-hydrogen) atoms. The smallest absolute Gasteiger partial charge is 0.326 e. The zero-order chi connectivity index (χ0) is 103. The molecule has 55 heteroatoms. The number of aliphatic carboxylic acids is 4. The first kappa shape index (κ1) is 113. The number of benzene rings is 2. The zero-order valence-corrected chi connectivity index (χ0v) is 75.9. The van der Waals surface area contributed by atoms with Crippen LogP contribution in [0.15, 0.2) is 92.2 Å². The zero-order valence-electron chi connectivity index (χ0n) is 75.9. The number of aromatic amines is 3. The second kappa shape index (κ2) is 58.2. The standard InChI is InChI=1S/C84H120N28O27/c1-41(2)68(82(137)110-59(30-47-35-93-40-98-47)80(135)108-57(28-45-33-91-38-96-45)78(133)103-51(18-21-62(87)115)73(128)105-54(83(138)139)12-7-8-24-85)112-75(130)52(19-22-63(88)116)104-76(131)55(27-44-14-16-48(114)17-15-44)100-64(117)36-95-71(126)61(37-113)111-81(136)60(32-67(122)123)109-79(134)58(29-46-34-92-39-97-46)107-72(127)50(13-9-25-94-84(89)90)102-77(132)56(26-43-10-5-4-6-11-43)106-74(129)53(20-23-65(118)119)101-69(124)42(3)99-70(125)49(86)31-66(120)121/h4-6,10-11,14-17,33-35,38-42,49-61,68,113-114H,7-9,12-13,18-32,36-37,85-86H2,1-3H3,(H2,87,115)(H2,88,116)(H,91,96)(H,92,97)(H,93,98)(H,95,126)(H,99,125)(H,100,117)(H,101,124)(H,102,132)(H,103,133)(H,104,131)(H,105,128)(H,106,129)(H,107,127)(H,108,135)(H,109,134)(H,110,137)(H,111,136)(H,112,130)(H,118,119)(H,120,121)(H,122,123)(H,138,139)(H4,89,90,94). The van der Waals surface area contributed by atoms with E-state index >= 15 is 0 Å². The summed E-state index contributed by atoms with van der Waals surface area (Å²) in [6.45, 7) is 1.79. The van der Waals surface area contributed by atoms with Gasteiger partial charge < -0.3 is 159 Å². The van der Waals surface area contributed by atoms with Crippen LogP contribution in [0, 0.1) is 11.3 Å². The number of aromatic nitrogens is 6. The normalized spacial score (nSPS) is 14.2. The molecule has 2 aromatic carbocycles. The minimum Gasteiger partial charge on any atom is -0.508 e. The minimum absolute atomic E-state index is 0.0499. The molecular weight excluding hydrogens is 1830 g/mol. The summed E-state index contributed by atoms with van der Waals surface area (Å²) < 4.78 is 0. The molecule has 5 aromatic rings. The molecule has 0 spiro atoms. The predicted octanol–water partition coefficient (Wildman–Crippen LogP) is -10.2. The van der Waals surface area contributed by atoms with Crippen molar-refractivity contribution in [1.29, 1.82) is 5.41 Å². The molecule has 0 aliphatic carbocycles. The molecule has 15 atom stereocenters. The van der Waals surface area contributed by atoms with E-state index in [9.17, 15) is 126 Å². The summed E-state index contributed by atoms with van der Waals surface area (Å²) in [6.07, 6.45) is 0.164. The number of aliphatic hydroxyl groups excluding tert-OH is 1. The van der Waals surface area contributed by atoms with Crippen LogP contribution >= 0.6 is 0 Å². The number of carboxylic acid groups (broad SMARTS) is 4. The lowest BCUT2D eigenvalue weighted by Gasteiger charge is -2.29. The Balaban J connectivity index is 1.36. The van der Waals surface area contributed by atoms with E-state index in [1.807, 2.05) is 0 Å². The average Bonchev–Trinajstić information content (AvgIpc) is 1.83. The summed E-state index contributed by atoms with van der Waals surface area (Å²) in [4.78, 5) is 306. The Kier molecular flexibility index (Phi) is 47.5. The molecule has 0 fully saturated rings. The Labute approximate surface area is 792 Å². The number of unbranched alkanes of at least 4 members (excludes halogenated alkanes) is 1. The van der Waals surface area contributed by atoms with Gasteiger partial charge in [-0.15, -0.1) is 0 Å². The van der Waals surface area contributed by atoms with Crippen LogP contribution in [0.3, 0.4) is 0 Å². The lowest BCUT2D eigenvalue weighted by Crippen LogP contribution is -2.61. The Hall–Kier alpha value is -16.1. The minimum atomic E-state index is -2.19. The number of imidazole rings is 3. The molecule has 0 aliphatic rings. The van der Waals surface area contributed by atoms with Gasteiger partial charge in [-0.2, -0.15) is 0 Å². The highest BCUT2D eigenvalue weighted by Crippen LogP contribution is 2.17. The van der Waals surface area contributed by atoms with Crippen molar-refractivity contribution in [2.75, 3.05) is 26.2 Å². The highest BCUT2D eigenvalue weighted by Gasteiger charge is 2.40. The molecule has 0 radical (unpaired) electrons. The summed E-state index contributed by atoms with van der Waals surface area (Å²) in [5.74, 6) is -27.1. The summed E-state index contributed by atoms with van der Waals surface area (Å²) in [6, 6.07) is -13.1. The van der Waals surface area contributed by atoms with Crippen molar-refractivity contribution in [2.24, 2.45) is 34.6 Å². The number of carbonyl (C=O) groups excluding carboxylic acids is 17. The van der Waals surface area contributed by atoms with E-state index in [4.69, 9.17) is 39.2 Å². The highest BCUT2D eigenvalue weighted by atomic mass is 16.4. The fourth-order valence-corrected chi connectivity index (χ4v) is 13.4. The number of amides is 17. The quantitative estimate of drug-likeness (QED) is 0.00976. The summed E-state index contributed by atoms with van der Waals surface area (Å²) in [5, 5.41) is 105. The van der Waals surface area contributed by atoms with Crippen molar-refractivity contribution in [1.82, 2.24) is 115 Å².